The second kappa shape index (κ2) is 8.22. The van der Waals surface area contributed by atoms with Crippen LogP contribution in [0.25, 0.3) is 0 Å². The third-order valence-electron chi connectivity index (χ3n) is 2.36. The summed E-state index contributed by atoms with van der Waals surface area (Å²) in [5.41, 5.74) is 0. The molecule has 1 aromatic carbocycles. The first-order valence-electron chi connectivity index (χ1n) is 5.98. The van der Waals surface area contributed by atoms with Gasteiger partial charge < -0.3 is 10.1 Å². The van der Waals surface area contributed by atoms with E-state index >= 15 is 0 Å². The second-order valence-corrected chi connectivity index (χ2v) is 4.74. The topological polar surface area (TPSA) is 38.3 Å². The quantitative estimate of drug-likeness (QED) is 0.778. The zero-order chi connectivity index (χ0) is 13.4. The van der Waals surface area contributed by atoms with Gasteiger partial charge in [0.2, 0.25) is 0 Å². The van der Waals surface area contributed by atoms with Crippen molar-refractivity contribution in [3.8, 4) is 5.75 Å². The van der Waals surface area contributed by atoms with E-state index in [1.807, 2.05) is 0 Å². The molecule has 0 aliphatic heterocycles. The molecule has 1 amide bonds. The molecule has 0 fully saturated rings. The Morgan fingerprint density at radius 2 is 2.06 bits per heavy atom. The molecule has 1 aromatic rings. The highest BCUT2D eigenvalue weighted by Crippen LogP contribution is 2.26. The standard InChI is InChI=1S/C13H17Cl2NO2/c1-2-3-4-7-16-13(17)9-18-10-5-6-11(14)12(15)8-10/h5-6,8H,2-4,7,9H2,1H3,(H,16,17). The predicted molar refractivity (Wildman–Crippen MR) is 74.5 cm³/mol. The molecule has 100 valence electrons. The average Bonchev–Trinajstić information content (AvgIpc) is 2.36. The number of amides is 1. The molecule has 0 aliphatic rings. The molecule has 1 N–H and O–H groups in total. The Balaban J connectivity index is 2.27. The third-order valence-corrected chi connectivity index (χ3v) is 3.10. The van der Waals surface area contributed by atoms with Gasteiger partial charge in [-0.2, -0.15) is 0 Å². The summed E-state index contributed by atoms with van der Waals surface area (Å²) in [6.07, 6.45) is 3.25. The molecule has 0 aliphatic carbocycles. The van der Waals surface area contributed by atoms with Crippen LogP contribution in [0, 0.1) is 0 Å². The van der Waals surface area contributed by atoms with Gasteiger partial charge in [-0.3, -0.25) is 4.79 Å². The van der Waals surface area contributed by atoms with Crippen molar-refractivity contribution in [3.63, 3.8) is 0 Å². The maximum Gasteiger partial charge on any atom is 0.257 e. The highest BCUT2D eigenvalue weighted by Gasteiger charge is 2.04. The molecule has 1 rings (SSSR count). The zero-order valence-electron chi connectivity index (χ0n) is 10.3. The van der Waals surface area contributed by atoms with E-state index in [1.54, 1.807) is 18.2 Å². The number of rotatable bonds is 7. The largest absolute Gasteiger partial charge is 0.484 e. The molecule has 0 atom stereocenters. The fraction of sp³-hybridized carbons (Fsp3) is 0.462. The van der Waals surface area contributed by atoms with Crippen molar-refractivity contribution in [3.05, 3.63) is 28.2 Å². The summed E-state index contributed by atoms with van der Waals surface area (Å²) in [4.78, 5) is 11.4. The summed E-state index contributed by atoms with van der Waals surface area (Å²) in [6, 6.07) is 4.91. The molecule has 5 heteroatoms. The van der Waals surface area contributed by atoms with Crippen LogP contribution in [-0.2, 0) is 4.79 Å². The van der Waals surface area contributed by atoms with E-state index in [-0.39, 0.29) is 12.5 Å². The molecule has 0 heterocycles. The molecule has 0 aromatic heterocycles. The van der Waals surface area contributed by atoms with E-state index < -0.39 is 0 Å². The van der Waals surface area contributed by atoms with Gasteiger partial charge in [0.1, 0.15) is 5.75 Å². The van der Waals surface area contributed by atoms with Gasteiger partial charge in [-0.1, -0.05) is 43.0 Å². The molecule has 0 unspecified atom stereocenters. The van der Waals surface area contributed by atoms with Crippen molar-refractivity contribution in [2.75, 3.05) is 13.2 Å². The minimum Gasteiger partial charge on any atom is -0.484 e. The molecular formula is C13H17Cl2NO2. The van der Waals surface area contributed by atoms with Crippen LogP contribution in [0.5, 0.6) is 5.75 Å². The number of unbranched alkanes of at least 4 members (excludes halogenated alkanes) is 2. The Morgan fingerprint density at radius 3 is 2.72 bits per heavy atom. The van der Waals surface area contributed by atoms with Crippen molar-refractivity contribution in [2.24, 2.45) is 0 Å². The molecular weight excluding hydrogens is 273 g/mol. The summed E-state index contributed by atoms with van der Waals surface area (Å²) in [6.45, 7) is 2.80. The molecule has 0 radical (unpaired) electrons. The first-order chi connectivity index (χ1) is 8.63. The highest BCUT2D eigenvalue weighted by molar-refractivity contribution is 6.42. The summed E-state index contributed by atoms with van der Waals surface area (Å²) >= 11 is 11.6. The number of halogens is 2. The number of hydrogen-bond donors (Lipinski definition) is 1. The summed E-state index contributed by atoms with van der Waals surface area (Å²) < 4.78 is 5.31. The Hall–Kier alpha value is -0.930. The lowest BCUT2D eigenvalue weighted by molar-refractivity contribution is -0.123. The van der Waals surface area contributed by atoms with Crippen LogP contribution in [0.3, 0.4) is 0 Å². The van der Waals surface area contributed by atoms with E-state index in [1.165, 1.54) is 0 Å². The fourth-order valence-electron chi connectivity index (χ4n) is 1.37. The van der Waals surface area contributed by atoms with Crippen LogP contribution in [0.2, 0.25) is 10.0 Å². The van der Waals surface area contributed by atoms with E-state index in [9.17, 15) is 4.79 Å². The van der Waals surface area contributed by atoms with Gasteiger partial charge in [-0.15, -0.1) is 0 Å². The number of benzene rings is 1. The van der Waals surface area contributed by atoms with E-state index in [0.29, 0.717) is 22.3 Å². The number of carbonyl (C=O) groups excluding carboxylic acids is 1. The van der Waals surface area contributed by atoms with Crippen molar-refractivity contribution < 1.29 is 9.53 Å². The summed E-state index contributed by atoms with van der Waals surface area (Å²) in [5, 5.41) is 3.67. The van der Waals surface area contributed by atoms with Crippen LogP contribution in [0.4, 0.5) is 0 Å². The van der Waals surface area contributed by atoms with Gasteiger partial charge in [0.05, 0.1) is 10.0 Å². The van der Waals surface area contributed by atoms with Gasteiger partial charge in [-0.25, -0.2) is 0 Å². The fourth-order valence-corrected chi connectivity index (χ4v) is 1.66. The van der Waals surface area contributed by atoms with Crippen molar-refractivity contribution in [2.45, 2.75) is 26.2 Å². The van der Waals surface area contributed by atoms with Crippen LogP contribution in [-0.4, -0.2) is 19.1 Å². The minimum absolute atomic E-state index is 0.00984. The lowest BCUT2D eigenvalue weighted by atomic mass is 10.2. The first kappa shape index (κ1) is 15.1. The Labute approximate surface area is 117 Å². The number of hydrogen-bond acceptors (Lipinski definition) is 2. The van der Waals surface area contributed by atoms with E-state index in [2.05, 4.69) is 12.2 Å². The number of carbonyl (C=O) groups is 1. The lowest BCUT2D eigenvalue weighted by Gasteiger charge is -2.08. The molecule has 3 nitrogen and oxygen atoms in total. The van der Waals surface area contributed by atoms with Crippen LogP contribution >= 0.6 is 23.2 Å². The Bertz CT molecular complexity index is 397. The maximum atomic E-state index is 11.4. The SMILES string of the molecule is CCCCCNC(=O)COc1ccc(Cl)c(Cl)c1. The molecule has 0 saturated carbocycles. The smallest absolute Gasteiger partial charge is 0.257 e. The Morgan fingerprint density at radius 1 is 1.28 bits per heavy atom. The normalized spacial score (nSPS) is 10.2. The second-order valence-electron chi connectivity index (χ2n) is 3.92. The first-order valence-corrected chi connectivity index (χ1v) is 6.73. The van der Waals surface area contributed by atoms with Crippen LogP contribution < -0.4 is 10.1 Å². The van der Waals surface area contributed by atoms with Gasteiger partial charge in [0.25, 0.3) is 5.91 Å². The maximum absolute atomic E-state index is 11.4. The number of ether oxygens (including phenoxy) is 1. The third kappa shape index (κ3) is 5.61. The van der Waals surface area contributed by atoms with Crippen LogP contribution in [0.15, 0.2) is 18.2 Å². The summed E-state index contributed by atoms with van der Waals surface area (Å²) in [7, 11) is 0. The lowest BCUT2D eigenvalue weighted by Crippen LogP contribution is -2.29. The highest BCUT2D eigenvalue weighted by atomic mass is 35.5. The summed E-state index contributed by atoms with van der Waals surface area (Å²) in [5.74, 6) is 0.408. The number of nitrogens with one attached hydrogen (secondary N) is 1. The van der Waals surface area contributed by atoms with E-state index in [0.717, 1.165) is 19.3 Å². The monoisotopic (exact) mass is 289 g/mol. The molecule has 0 spiro atoms. The predicted octanol–water partition coefficient (Wildman–Crippen LogP) is 3.68. The van der Waals surface area contributed by atoms with Crippen molar-refractivity contribution in [1.29, 1.82) is 0 Å². The Kier molecular flexibility index (Phi) is 6.91. The van der Waals surface area contributed by atoms with Gasteiger partial charge >= 0.3 is 0 Å². The minimum atomic E-state index is -0.128. The van der Waals surface area contributed by atoms with E-state index in [4.69, 9.17) is 27.9 Å². The van der Waals surface area contributed by atoms with Gasteiger partial charge in [0.15, 0.2) is 6.61 Å². The molecule has 18 heavy (non-hydrogen) atoms. The average molecular weight is 290 g/mol. The van der Waals surface area contributed by atoms with Gasteiger partial charge in [-0.05, 0) is 18.6 Å². The van der Waals surface area contributed by atoms with Crippen molar-refractivity contribution in [1.82, 2.24) is 5.32 Å². The molecule has 0 bridgehead atoms. The van der Waals surface area contributed by atoms with Crippen molar-refractivity contribution >= 4 is 29.1 Å². The molecule has 0 saturated heterocycles. The zero-order valence-corrected chi connectivity index (χ0v) is 11.9. The van der Waals surface area contributed by atoms with Crippen LogP contribution in [0.1, 0.15) is 26.2 Å². The van der Waals surface area contributed by atoms with Gasteiger partial charge in [0, 0.05) is 12.6 Å².